The Morgan fingerprint density at radius 3 is 2.09 bits per heavy atom. The van der Waals surface area contributed by atoms with Crippen molar-refractivity contribution in [1.82, 2.24) is 4.90 Å². The van der Waals surface area contributed by atoms with E-state index in [-0.39, 0.29) is 6.04 Å². The van der Waals surface area contributed by atoms with Gasteiger partial charge < -0.3 is 0 Å². The molecule has 1 aliphatic rings. The third-order valence-corrected chi connectivity index (χ3v) is 5.32. The molecule has 23 heavy (non-hydrogen) atoms. The van der Waals surface area contributed by atoms with E-state index < -0.39 is 0 Å². The first-order valence-electron chi connectivity index (χ1n) is 7.83. The number of rotatable bonds is 3. The van der Waals surface area contributed by atoms with Gasteiger partial charge in [0.05, 0.1) is 0 Å². The monoisotopic (exact) mass is 363 g/mol. The van der Waals surface area contributed by atoms with Crippen molar-refractivity contribution in [2.75, 3.05) is 0 Å². The van der Waals surface area contributed by atoms with Gasteiger partial charge in [-0.1, -0.05) is 0 Å². The first-order valence-corrected chi connectivity index (χ1v) is 8.69. The Morgan fingerprint density at radius 1 is 0.739 bits per heavy atom. The second-order valence-corrected chi connectivity index (χ2v) is 6.63. The first-order chi connectivity index (χ1) is 11.3. The van der Waals surface area contributed by atoms with Gasteiger partial charge in [-0.15, -0.1) is 0 Å². The Kier molecular flexibility index (Phi) is 3.87. The molecule has 0 aliphatic carbocycles. The molecule has 1 unspecified atom stereocenters. The van der Waals surface area contributed by atoms with Crippen LogP contribution in [0.15, 0.2) is 84.9 Å². The normalized spacial score (nSPS) is 16.4. The first kappa shape index (κ1) is 14.4. The van der Waals surface area contributed by atoms with Crippen LogP contribution in [-0.4, -0.2) is 25.0 Å². The SMILES string of the molecule is [Se]=C1c2ccccc2C(c2ccccc2)N1Cc1ccccc1. The molecule has 1 atom stereocenters. The zero-order valence-corrected chi connectivity index (χ0v) is 14.4. The van der Waals surface area contributed by atoms with E-state index in [0.717, 1.165) is 6.54 Å². The van der Waals surface area contributed by atoms with Gasteiger partial charge in [-0.25, -0.2) is 0 Å². The molecule has 0 fully saturated rings. The minimum atomic E-state index is 0.267. The Labute approximate surface area is 144 Å². The summed E-state index contributed by atoms with van der Waals surface area (Å²) in [7, 11) is 0. The van der Waals surface area contributed by atoms with E-state index in [1.54, 1.807) is 0 Å². The number of hydrogen-bond acceptors (Lipinski definition) is 1. The van der Waals surface area contributed by atoms with Gasteiger partial charge in [0.2, 0.25) is 0 Å². The van der Waals surface area contributed by atoms with Crippen molar-refractivity contribution in [2.45, 2.75) is 12.6 Å². The van der Waals surface area contributed by atoms with Crippen LogP contribution in [0.2, 0.25) is 0 Å². The fourth-order valence-corrected chi connectivity index (χ4v) is 4.05. The predicted octanol–water partition coefficient (Wildman–Crippen LogP) is 3.94. The molecule has 1 aliphatic heterocycles. The van der Waals surface area contributed by atoms with Crippen molar-refractivity contribution >= 4 is 20.1 Å². The summed E-state index contributed by atoms with van der Waals surface area (Å²) in [5, 5.41) is 0. The molecule has 0 radical (unpaired) electrons. The van der Waals surface area contributed by atoms with E-state index in [1.165, 1.54) is 26.8 Å². The molecule has 3 aromatic rings. The Morgan fingerprint density at radius 2 is 1.35 bits per heavy atom. The quantitative estimate of drug-likeness (QED) is 0.638. The van der Waals surface area contributed by atoms with Crippen LogP contribution in [-0.2, 0) is 6.54 Å². The molecule has 0 aromatic heterocycles. The summed E-state index contributed by atoms with van der Waals surface area (Å²) in [6.07, 6.45) is 0. The molecule has 4 rings (SSSR count). The van der Waals surface area contributed by atoms with Crippen LogP contribution in [0.25, 0.3) is 0 Å². The van der Waals surface area contributed by atoms with Crippen LogP contribution in [0.4, 0.5) is 0 Å². The molecule has 0 N–H and O–H groups in total. The van der Waals surface area contributed by atoms with E-state index in [0.29, 0.717) is 0 Å². The summed E-state index contributed by atoms with van der Waals surface area (Å²) in [6.45, 7) is 0.900. The molecule has 0 saturated carbocycles. The summed E-state index contributed by atoms with van der Waals surface area (Å²) >= 11 is 3.31. The zero-order chi connectivity index (χ0) is 15.6. The number of benzene rings is 3. The molecule has 1 heterocycles. The van der Waals surface area contributed by atoms with Crippen molar-refractivity contribution in [3.63, 3.8) is 0 Å². The maximum atomic E-state index is 3.31. The Hall–Kier alpha value is -2.15. The van der Waals surface area contributed by atoms with Crippen molar-refractivity contribution in [2.24, 2.45) is 0 Å². The summed E-state index contributed by atoms with van der Waals surface area (Å²) in [6, 6.07) is 30.4. The summed E-state index contributed by atoms with van der Waals surface area (Å²) in [5.41, 5.74) is 5.36. The summed E-state index contributed by atoms with van der Waals surface area (Å²) in [4.78, 5) is 2.47. The fourth-order valence-electron chi connectivity index (χ4n) is 3.31. The van der Waals surface area contributed by atoms with Crippen LogP contribution in [0.5, 0.6) is 0 Å². The van der Waals surface area contributed by atoms with Gasteiger partial charge in [-0.3, -0.25) is 0 Å². The molecule has 0 bridgehead atoms. The van der Waals surface area contributed by atoms with Gasteiger partial charge in [0.25, 0.3) is 0 Å². The standard InChI is InChI=1S/C21H17NSe/c23-21-19-14-8-7-13-18(19)20(17-11-5-2-6-12-17)22(21)15-16-9-3-1-4-10-16/h1-14,20H,15H2. The molecule has 112 valence electrons. The molecular formula is C21H17NSe. The van der Waals surface area contributed by atoms with Crippen LogP contribution >= 0.6 is 0 Å². The molecule has 2 heteroatoms. The Bertz CT molecular complexity index is 827. The molecule has 3 aromatic carbocycles. The molecule has 0 amide bonds. The molecular weight excluding hydrogens is 345 g/mol. The second-order valence-electron chi connectivity index (χ2n) is 5.82. The molecule has 0 spiro atoms. The van der Waals surface area contributed by atoms with E-state index in [2.05, 4.69) is 105 Å². The van der Waals surface area contributed by atoms with Gasteiger partial charge in [0.15, 0.2) is 0 Å². The van der Waals surface area contributed by atoms with Crippen LogP contribution < -0.4 is 0 Å². The van der Waals surface area contributed by atoms with Crippen LogP contribution in [0, 0.1) is 0 Å². The topological polar surface area (TPSA) is 3.24 Å². The van der Waals surface area contributed by atoms with Crippen LogP contribution in [0.3, 0.4) is 0 Å². The van der Waals surface area contributed by atoms with E-state index in [1.807, 2.05) is 0 Å². The van der Waals surface area contributed by atoms with Crippen molar-refractivity contribution in [1.29, 1.82) is 0 Å². The summed E-state index contributed by atoms with van der Waals surface area (Å²) in [5.74, 6) is 0. The Balaban J connectivity index is 1.79. The van der Waals surface area contributed by atoms with Gasteiger partial charge >= 0.3 is 145 Å². The number of hydrogen-bond donors (Lipinski definition) is 0. The average molecular weight is 362 g/mol. The van der Waals surface area contributed by atoms with E-state index >= 15 is 0 Å². The van der Waals surface area contributed by atoms with E-state index in [4.69, 9.17) is 0 Å². The third kappa shape index (κ3) is 2.65. The van der Waals surface area contributed by atoms with Crippen molar-refractivity contribution in [3.05, 3.63) is 107 Å². The van der Waals surface area contributed by atoms with Crippen molar-refractivity contribution < 1.29 is 0 Å². The molecule has 1 nitrogen and oxygen atoms in total. The van der Waals surface area contributed by atoms with Gasteiger partial charge in [0, 0.05) is 0 Å². The fraction of sp³-hybridized carbons (Fsp3) is 0.0952. The van der Waals surface area contributed by atoms with E-state index in [9.17, 15) is 0 Å². The average Bonchev–Trinajstić information content (AvgIpc) is 2.89. The minimum absolute atomic E-state index is 0.267. The summed E-state index contributed by atoms with van der Waals surface area (Å²) < 4.78 is 1.23. The van der Waals surface area contributed by atoms with Crippen molar-refractivity contribution in [3.8, 4) is 0 Å². The second kappa shape index (κ2) is 6.16. The number of fused-ring (bicyclic) bond motifs is 1. The zero-order valence-electron chi connectivity index (χ0n) is 12.7. The molecule has 0 saturated heterocycles. The number of nitrogens with zero attached hydrogens (tertiary/aromatic N) is 1. The van der Waals surface area contributed by atoms with Gasteiger partial charge in [-0.2, -0.15) is 0 Å². The van der Waals surface area contributed by atoms with Gasteiger partial charge in [0.1, 0.15) is 0 Å². The predicted molar refractivity (Wildman–Crippen MR) is 96.6 cm³/mol. The van der Waals surface area contributed by atoms with Gasteiger partial charge in [-0.05, 0) is 0 Å². The third-order valence-electron chi connectivity index (χ3n) is 4.37. The maximum absolute atomic E-state index is 3.31. The van der Waals surface area contributed by atoms with Crippen LogP contribution in [0.1, 0.15) is 28.3 Å².